The maximum absolute atomic E-state index is 6.05. The zero-order valence-electron chi connectivity index (χ0n) is 12.4. The van der Waals surface area contributed by atoms with E-state index in [9.17, 15) is 0 Å². The Morgan fingerprint density at radius 1 is 0.905 bits per heavy atom. The van der Waals surface area contributed by atoms with Crippen LogP contribution in [0.4, 0.5) is 11.9 Å². The third-order valence-electron chi connectivity index (χ3n) is 4.00. The van der Waals surface area contributed by atoms with Crippen LogP contribution in [0.2, 0.25) is 5.28 Å². The summed E-state index contributed by atoms with van der Waals surface area (Å²) in [6, 6.07) is 0. The first-order chi connectivity index (χ1) is 10.2. The van der Waals surface area contributed by atoms with Gasteiger partial charge in [-0.1, -0.05) is 0 Å². The van der Waals surface area contributed by atoms with Crippen molar-refractivity contribution in [2.75, 3.05) is 56.6 Å². The van der Waals surface area contributed by atoms with Crippen molar-refractivity contribution in [3.05, 3.63) is 5.28 Å². The van der Waals surface area contributed by atoms with Gasteiger partial charge in [0.1, 0.15) is 0 Å². The molecule has 0 atom stereocenters. The molecule has 0 spiro atoms. The topological polar surface area (TPSA) is 60.4 Å². The van der Waals surface area contributed by atoms with Crippen molar-refractivity contribution in [1.82, 2.24) is 24.9 Å². The molecular weight excluding hydrogens is 290 g/mol. The minimum atomic E-state index is 0.252. The molecule has 21 heavy (non-hydrogen) atoms. The molecule has 3 heterocycles. The highest BCUT2D eigenvalue weighted by Crippen LogP contribution is 2.18. The average Bonchev–Trinajstić information content (AvgIpc) is 2.50. The Hall–Kier alpha value is -1.18. The van der Waals surface area contributed by atoms with Gasteiger partial charge in [-0.2, -0.15) is 15.0 Å². The van der Waals surface area contributed by atoms with Crippen molar-refractivity contribution in [2.45, 2.75) is 19.3 Å². The number of nitrogens with zero attached hydrogens (tertiary/aromatic N) is 6. The van der Waals surface area contributed by atoms with E-state index in [0.717, 1.165) is 39.3 Å². The minimum absolute atomic E-state index is 0.252. The number of rotatable bonds is 3. The smallest absolute Gasteiger partial charge is 0.243 e. The summed E-state index contributed by atoms with van der Waals surface area (Å²) >= 11 is 6.05. The summed E-state index contributed by atoms with van der Waals surface area (Å²) in [5.41, 5.74) is 3.26. The Labute approximate surface area is 130 Å². The molecule has 0 aliphatic carbocycles. The third-order valence-corrected chi connectivity index (χ3v) is 4.17. The highest BCUT2D eigenvalue weighted by atomic mass is 35.5. The number of hydrazine groups is 1. The van der Waals surface area contributed by atoms with E-state index < -0.39 is 0 Å². The number of hydrogen-bond donors (Lipinski definition) is 1. The van der Waals surface area contributed by atoms with Crippen LogP contribution in [0.3, 0.4) is 0 Å². The quantitative estimate of drug-likeness (QED) is 0.896. The Bertz CT molecular complexity index is 470. The molecule has 2 saturated heterocycles. The lowest BCUT2D eigenvalue weighted by Crippen LogP contribution is -2.47. The molecule has 116 valence electrons. The van der Waals surface area contributed by atoms with Gasteiger partial charge in [0.15, 0.2) is 0 Å². The molecule has 2 fully saturated rings. The average molecular weight is 312 g/mol. The molecule has 0 aromatic carbocycles. The van der Waals surface area contributed by atoms with Crippen molar-refractivity contribution in [1.29, 1.82) is 0 Å². The third kappa shape index (κ3) is 3.93. The maximum atomic E-state index is 6.05. The highest BCUT2D eigenvalue weighted by molar-refractivity contribution is 6.28. The number of halogens is 1. The van der Waals surface area contributed by atoms with Crippen LogP contribution in [-0.2, 0) is 0 Å². The second-order valence-corrected chi connectivity index (χ2v) is 6.02. The molecule has 2 aliphatic rings. The van der Waals surface area contributed by atoms with Crippen LogP contribution in [0, 0.1) is 0 Å². The number of hydrogen-bond acceptors (Lipinski definition) is 7. The van der Waals surface area contributed by atoms with Crippen molar-refractivity contribution < 1.29 is 0 Å². The lowest BCUT2D eigenvalue weighted by molar-refractivity contribution is 0.178. The number of piperidine rings is 1. The van der Waals surface area contributed by atoms with Crippen molar-refractivity contribution in [3.8, 4) is 0 Å². The Balaban J connectivity index is 1.68. The summed E-state index contributed by atoms with van der Waals surface area (Å²) in [5, 5.41) is 2.38. The molecular formula is C13H22ClN7. The van der Waals surface area contributed by atoms with E-state index in [1.807, 2.05) is 0 Å². The van der Waals surface area contributed by atoms with Crippen LogP contribution in [-0.4, -0.2) is 71.2 Å². The first kappa shape index (κ1) is 14.7. The Kier molecular flexibility index (Phi) is 4.72. The van der Waals surface area contributed by atoms with Crippen molar-refractivity contribution in [2.24, 2.45) is 0 Å². The van der Waals surface area contributed by atoms with E-state index in [4.69, 9.17) is 11.6 Å². The van der Waals surface area contributed by atoms with Crippen LogP contribution in [0.5, 0.6) is 0 Å². The number of nitrogens with one attached hydrogen (secondary N) is 1. The fourth-order valence-corrected chi connectivity index (χ4v) is 2.84. The summed E-state index contributed by atoms with van der Waals surface area (Å²) in [5.74, 6) is 1.23. The molecule has 1 aromatic heterocycles. The predicted molar refractivity (Wildman–Crippen MR) is 83.6 cm³/mol. The molecule has 2 aliphatic heterocycles. The van der Waals surface area contributed by atoms with Crippen molar-refractivity contribution in [3.63, 3.8) is 0 Å². The number of piperazine rings is 1. The van der Waals surface area contributed by atoms with E-state index in [-0.39, 0.29) is 5.28 Å². The van der Waals surface area contributed by atoms with Gasteiger partial charge >= 0.3 is 0 Å². The van der Waals surface area contributed by atoms with Gasteiger partial charge in [0, 0.05) is 39.3 Å². The highest BCUT2D eigenvalue weighted by Gasteiger charge is 2.18. The predicted octanol–water partition coefficient (Wildman–Crippen LogP) is 1.09. The van der Waals surface area contributed by atoms with Gasteiger partial charge in [0.05, 0.1) is 0 Å². The zero-order chi connectivity index (χ0) is 14.7. The summed E-state index contributed by atoms with van der Waals surface area (Å²) in [6.07, 6.45) is 3.65. The van der Waals surface area contributed by atoms with Crippen LogP contribution < -0.4 is 10.3 Å². The number of aromatic nitrogens is 3. The second-order valence-electron chi connectivity index (χ2n) is 5.68. The number of likely N-dealkylation sites (N-methyl/N-ethyl adjacent to an activating group) is 1. The molecule has 8 heteroatoms. The SMILES string of the molecule is CN1CCN(Nc2nc(Cl)nc(N3CCCCC3)n2)CC1. The normalized spacial score (nSPS) is 21.5. The van der Waals surface area contributed by atoms with Gasteiger partial charge < -0.3 is 9.80 Å². The Morgan fingerprint density at radius 2 is 1.62 bits per heavy atom. The second kappa shape index (κ2) is 6.72. The molecule has 0 amide bonds. The molecule has 3 rings (SSSR count). The largest absolute Gasteiger partial charge is 0.341 e. The van der Waals surface area contributed by atoms with Gasteiger partial charge in [0.2, 0.25) is 17.2 Å². The van der Waals surface area contributed by atoms with E-state index in [0.29, 0.717) is 11.9 Å². The first-order valence-corrected chi connectivity index (χ1v) is 7.95. The van der Waals surface area contributed by atoms with E-state index in [1.165, 1.54) is 19.3 Å². The van der Waals surface area contributed by atoms with Crippen LogP contribution >= 0.6 is 11.6 Å². The van der Waals surface area contributed by atoms with Crippen molar-refractivity contribution >= 4 is 23.5 Å². The molecule has 1 aromatic rings. The summed E-state index contributed by atoms with van der Waals surface area (Å²) in [6.45, 7) is 5.94. The lowest BCUT2D eigenvalue weighted by Gasteiger charge is -2.32. The lowest BCUT2D eigenvalue weighted by atomic mass is 10.1. The maximum Gasteiger partial charge on any atom is 0.243 e. The van der Waals surface area contributed by atoms with Crippen LogP contribution in [0.15, 0.2) is 0 Å². The molecule has 1 N–H and O–H groups in total. The molecule has 7 nitrogen and oxygen atoms in total. The standard InChI is InChI=1S/C13H22ClN7/c1-19-7-9-21(10-8-19)18-12-15-11(14)16-13(17-12)20-5-3-2-4-6-20/h2-10H2,1H3,(H,15,16,17,18). The van der Waals surface area contributed by atoms with E-state index >= 15 is 0 Å². The van der Waals surface area contributed by atoms with Gasteiger partial charge in [-0.05, 0) is 37.9 Å². The van der Waals surface area contributed by atoms with Crippen LogP contribution in [0.1, 0.15) is 19.3 Å². The van der Waals surface area contributed by atoms with E-state index in [1.54, 1.807) is 0 Å². The van der Waals surface area contributed by atoms with Crippen LogP contribution in [0.25, 0.3) is 0 Å². The summed E-state index contributed by atoms with van der Waals surface area (Å²) in [7, 11) is 2.13. The Morgan fingerprint density at radius 3 is 2.33 bits per heavy atom. The monoisotopic (exact) mass is 311 g/mol. The molecule has 0 unspecified atom stereocenters. The minimum Gasteiger partial charge on any atom is -0.341 e. The van der Waals surface area contributed by atoms with Gasteiger partial charge in [-0.3, -0.25) is 5.43 Å². The molecule has 0 saturated carbocycles. The fraction of sp³-hybridized carbons (Fsp3) is 0.769. The van der Waals surface area contributed by atoms with Gasteiger partial charge in [-0.25, -0.2) is 5.01 Å². The molecule has 0 radical (unpaired) electrons. The zero-order valence-corrected chi connectivity index (χ0v) is 13.2. The van der Waals surface area contributed by atoms with Gasteiger partial charge in [-0.15, -0.1) is 0 Å². The number of anilines is 2. The van der Waals surface area contributed by atoms with E-state index in [2.05, 4.69) is 42.2 Å². The fourth-order valence-electron chi connectivity index (χ4n) is 2.68. The van der Waals surface area contributed by atoms with Gasteiger partial charge in [0.25, 0.3) is 0 Å². The molecule has 0 bridgehead atoms. The summed E-state index contributed by atoms with van der Waals surface area (Å²) in [4.78, 5) is 17.5. The first-order valence-electron chi connectivity index (χ1n) is 7.57. The summed E-state index contributed by atoms with van der Waals surface area (Å²) < 4.78 is 0.